The highest BCUT2D eigenvalue weighted by Gasteiger charge is 2.14. The SMILES string of the molecule is Cc1ncccc1-n1c(=O)nc(N)c2ccc(C(C)C)nc21. The van der Waals surface area contributed by atoms with Crippen molar-refractivity contribution in [2.45, 2.75) is 26.7 Å². The van der Waals surface area contributed by atoms with Gasteiger partial charge >= 0.3 is 5.69 Å². The molecule has 3 rings (SSSR count). The zero-order valence-electron chi connectivity index (χ0n) is 12.7. The van der Waals surface area contributed by atoms with Crippen LogP contribution in [-0.4, -0.2) is 19.5 Å². The summed E-state index contributed by atoms with van der Waals surface area (Å²) in [5, 5.41) is 0.659. The molecular weight excluding hydrogens is 278 g/mol. The molecular formula is C16H17N5O. The van der Waals surface area contributed by atoms with Gasteiger partial charge in [-0.25, -0.2) is 14.3 Å². The summed E-state index contributed by atoms with van der Waals surface area (Å²) in [6, 6.07) is 7.38. The van der Waals surface area contributed by atoms with E-state index in [0.29, 0.717) is 16.7 Å². The number of rotatable bonds is 2. The van der Waals surface area contributed by atoms with Gasteiger partial charge in [0.05, 0.1) is 16.8 Å². The van der Waals surface area contributed by atoms with Crippen LogP contribution in [-0.2, 0) is 0 Å². The molecule has 0 amide bonds. The molecule has 2 N–H and O–H groups in total. The third kappa shape index (κ3) is 2.22. The Balaban J connectivity index is 2.45. The fourth-order valence-electron chi connectivity index (χ4n) is 2.39. The lowest BCUT2D eigenvalue weighted by molar-refractivity contribution is 0.818. The van der Waals surface area contributed by atoms with E-state index in [1.165, 1.54) is 4.57 Å². The van der Waals surface area contributed by atoms with E-state index in [0.717, 1.165) is 11.4 Å². The molecule has 0 unspecified atom stereocenters. The van der Waals surface area contributed by atoms with Gasteiger partial charge in [-0.1, -0.05) is 13.8 Å². The maximum absolute atomic E-state index is 12.4. The van der Waals surface area contributed by atoms with Gasteiger partial charge in [0.1, 0.15) is 5.82 Å². The molecule has 0 aromatic carbocycles. The molecule has 0 aliphatic carbocycles. The average Bonchev–Trinajstić information content (AvgIpc) is 2.48. The first-order chi connectivity index (χ1) is 10.5. The summed E-state index contributed by atoms with van der Waals surface area (Å²) in [5.74, 6) is 0.443. The average molecular weight is 295 g/mol. The molecule has 0 aliphatic rings. The van der Waals surface area contributed by atoms with Crippen LogP contribution in [0, 0.1) is 6.92 Å². The van der Waals surface area contributed by atoms with E-state index in [1.54, 1.807) is 12.3 Å². The highest BCUT2D eigenvalue weighted by molar-refractivity contribution is 5.86. The van der Waals surface area contributed by atoms with Crippen LogP contribution in [0.5, 0.6) is 0 Å². The molecule has 6 heteroatoms. The highest BCUT2D eigenvalue weighted by atomic mass is 16.1. The summed E-state index contributed by atoms with van der Waals surface area (Å²) >= 11 is 0. The van der Waals surface area contributed by atoms with E-state index < -0.39 is 5.69 Å². The lowest BCUT2D eigenvalue weighted by Crippen LogP contribution is -2.25. The minimum absolute atomic E-state index is 0.195. The molecule has 0 saturated heterocycles. The van der Waals surface area contributed by atoms with E-state index in [4.69, 9.17) is 5.73 Å². The molecule has 22 heavy (non-hydrogen) atoms. The van der Waals surface area contributed by atoms with E-state index in [2.05, 4.69) is 28.8 Å². The van der Waals surface area contributed by atoms with Gasteiger partial charge in [0.2, 0.25) is 0 Å². The van der Waals surface area contributed by atoms with Crippen molar-refractivity contribution in [3.8, 4) is 5.69 Å². The van der Waals surface area contributed by atoms with E-state index in [1.807, 2.05) is 25.1 Å². The van der Waals surface area contributed by atoms with Gasteiger partial charge in [-0.15, -0.1) is 0 Å². The van der Waals surface area contributed by atoms with Gasteiger partial charge in [-0.3, -0.25) is 4.98 Å². The highest BCUT2D eigenvalue weighted by Crippen LogP contribution is 2.22. The fraction of sp³-hybridized carbons (Fsp3) is 0.250. The zero-order valence-corrected chi connectivity index (χ0v) is 12.7. The van der Waals surface area contributed by atoms with Crippen LogP contribution in [0.1, 0.15) is 31.2 Å². The third-order valence-electron chi connectivity index (χ3n) is 3.60. The Morgan fingerprint density at radius 2 is 1.95 bits per heavy atom. The van der Waals surface area contributed by atoms with Crippen molar-refractivity contribution >= 4 is 16.9 Å². The van der Waals surface area contributed by atoms with Crippen LogP contribution in [0.15, 0.2) is 35.3 Å². The molecule has 3 aromatic heterocycles. The number of anilines is 1. The first kappa shape index (κ1) is 14.2. The van der Waals surface area contributed by atoms with Crippen molar-refractivity contribution in [2.75, 3.05) is 5.73 Å². The normalized spacial score (nSPS) is 11.3. The number of nitrogen functional groups attached to an aromatic ring is 1. The summed E-state index contributed by atoms with van der Waals surface area (Å²) < 4.78 is 1.47. The van der Waals surface area contributed by atoms with Crippen molar-refractivity contribution in [1.82, 2.24) is 19.5 Å². The number of nitrogens with zero attached hydrogens (tertiary/aromatic N) is 4. The monoisotopic (exact) mass is 295 g/mol. The molecule has 0 aliphatic heterocycles. The second kappa shape index (κ2) is 5.22. The van der Waals surface area contributed by atoms with Crippen molar-refractivity contribution in [3.05, 3.63) is 52.3 Å². The van der Waals surface area contributed by atoms with Gasteiger partial charge < -0.3 is 5.73 Å². The van der Waals surface area contributed by atoms with E-state index in [9.17, 15) is 4.79 Å². The van der Waals surface area contributed by atoms with Crippen LogP contribution in [0.25, 0.3) is 16.7 Å². The predicted molar refractivity (Wildman–Crippen MR) is 86.2 cm³/mol. The molecule has 0 saturated carbocycles. The molecule has 0 bridgehead atoms. The number of aromatic nitrogens is 4. The molecule has 3 aromatic rings. The van der Waals surface area contributed by atoms with Crippen molar-refractivity contribution in [3.63, 3.8) is 0 Å². The fourth-order valence-corrected chi connectivity index (χ4v) is 2.39. The Hall–Kier alpha value is -2.76. The molecule has 0 atom stereocenters. The topological polar surface area (TPSA) is 86.7 Å². The number of aryl methyl sites for hydroxylation is 1. The van der Waals surface area contributed by atoms with Crippen LogP contribution in [0.4, 0.5) is 5.82 Å². The van der Waals surface area contributed by atoms with Crippen LogP contribution >= 0.6 is 0 Å². The molecule has 0 radical (unpaired) electrons. The predicted octanol–water partition coefficient (Wildman–Crippen LogP) is 2.19. The Morgan fingerprint density at radius 1 is 1.18 bits per heavy atom. The third-order valence-corrected chi connectivity index (χ3v) is 3.60. The lowest BCUT2D eigenvalue weighted by atomic mass is 10.1. The van der Waals surface area contributed by atoms with Gasteiger partial charge in [0.15, 0.2) is 5.65 Å². The summed E-state index contributed by atoms with van der Waals surface area (Å²) in [5.41, 5.74) is 8.24. The van der Waals surface area contributed by atoms with Crippen molar-refractivity contribution < 1.29 is 0 Å². The summed E-state index contributed by atoms with van der Waals surface area (Å²) in [6.45, 7) is 5.95. The number of nitrogens with two attached hydrogens (primary N) is 1. The number of hydrogen-bond donors (Lipinski definition) is 1. The van der Waals surface area contributed by atoms with Crippen molar-refractivity contribution in [1.29, 1.82) is 0 Å². The second-order valence-electron chi connectivity index (χ2n) is 5.48. The molecule has 6 nitrogen and oxygen atoms in total. The Bertz CT molecular complexity index is 914. The molecule has 3 heterocycles. The number of fused-ring (bicyclic) bond motifs is 1. The number of hydrogen-bond acceptors (Lipinski definition) is 5. The van der Waals surface area contributed by atoms with Gasteiger partial charge in [-0.05, 0) is 37.1 Å². The first-order valence-electron chi connectivity index (χ1n) is 7.10. The largest absolute Gasteiger partial charge is 0.383 e. The maximum atomic E-state index is 12.4. The zero-order chi connectivity index (χ0) is 15.9. The Kier molecular flexibility index (Phi) is 3.36. The lowest BCUT2D eigenvalue weighted by Gasteiger charge is -2.13. The first-order valence-corrected chi connectivity index (χ1v) is 7.10. The smallest absolute Gasteiger partial charge is 0.355 e. The van der Waals surface area contributed by atoms with E-state index >= 15 is 0 Å². The Morgan fingerprint density at radius 3 is 2.64 bits per heavy atom. The minimum Gasteiger partial charge on any atom is -0.383 e. The van der Waals surface area contributed by atoms with Gasteiger partial charge in [0.25, 0.3) is 0 Å². The summed E-state index contributed by atoms with van der Waals surface area (Å²) in [7, 11) is 0. The van der Waals surface area contributed by atoms with Gasteiger partial charge in [-0.2, -0.15) is 4.98 Å². The molecule has 112 valence electrons. The van der Waals surface area contributed by atoms with Gasteiger partial charge in [0, 0.05) is 11.9 Å². The second-order valence-corrected chi connectivity index (χ2v) is 5.48. The van der Waals surface area contributed by atoms with Crippen LogP contribution in [0.3, 0.4) is 0 Å². The van der Waals surface area contributed by atoms with E-state index in [-0.39, 0.29) is 11.7 Å². The quantitative estimate of drug-likeness (QED) is 0.783. The summed E-state index contributed by atoms with van der Waals surface area (Å²) in [4.78, 5) is 25.2. The minimum atomic E-state index is -0.450. The van der Waals surface area contributed by atoms with Crippen molar-refractivity contribution in [2.24, 2.45) is 0 Å². The Labute approximate surface area is 127 Å². The molecule has 0 spiro atoms. The van der Waals surface area contributed by atoms with Crippen LogP contribution in [0.2, 0.25) is 0 Å². The maximum Gasteiger partial charge on any atom is 0.355 e. The number of pyridine rings is 2. The van der Waals surface area contributed by atoms with Crippen LogP contribution < -0.4 is 11.4 Å². The summed E-state index contributed by atoms with van der Waals surface area (Å²) in [6.07, 6.45) is 1.68. The molecule has 0 fully saturated rings. The standard InChI is InChI=1S/C16H17N5O/c1-9(2)12-7-6-11-14(17)20-16(22)21(15(11)19-12)13-5-4-8-18-10(13)3/h4-9H,1-3H3,(H2,17,20,22).